The molecule has 2 N–H and O–H groups in total. The van der Waals surface area contributed by atoms with Crippen molar-refractivity contribution in [1.82, 2.24) is 4.90 Å². The van der Waals surface area contributed by atoms with Crippen LogP contribution in [0.1, 0.15) is 5.56 Å². The number of anilines is 1. The summed E-state index contributed by atoms with van der Waals surface area (Å²) in [4.78, 5) is 13.3. The molecule has 1 saturated heterocycles. The number of nitrogens with one attached hydrogen (secondary N) is 1. The van der Waals surface area contributed by atoms with Gasteiger partial charge in [0.2, 0.25) is 0 Å². The number of alkyl halides is 3. The van der Waals surface area contributed by atoms with E-state index in [0.717, 1.165) is 12.1 Å². The Kier molecular flexibility index (Phi) is 5.15. The first kappa shape index (κ1) is 16.9. The second-order valence-electron chi connectivity index (χ2n) is 4.79. The monoisotopic (exact) mass is 338 g/mol. The topological polar surface area (TPSA) is 61.8 Å². The predicted octanol–water partition coefficient (Wildman–Crippen LogP) is 2.58. The second kappa shape index (κ2) is 6.72. The van der Waals surface area contributed by atoms with Gasteiger partial charge in [0.25, 0.3) is 0 Å². The SMILES string of the molecule is O=C(Nc1ccc(Cl)cc1C(F)(F)F)N1CCOC[C@@H](O)C1. The predicted molar refractivity (Wildman–Crippen MR) is 73.9 cm³/mol. The first-order valence-corrected chi connectivity index (χ1v) is 6.83. The van der Waals surface area contributed by atoms with Crippen molar-refractivity contribution in [2.75, 3.05) is 31.6 Å². The van der Waals surface area contributed by atoms with Crippen LogP contribution in [0.25, 0.3) is 0 Å². The quantitative estimate of drug-likeness (QED) is 0.827. The number of nitrogens with zero attached hydrogens (tertiary/aromatic N) is 1. The minimum Gasteiger partial charge on any atom is -0.389 e. The van der Waals surface area contributed by atoms with Crippen molar-refractivity contribution in [2.24, 2.45) is 0 Å². The van der Waals surface area contributed by atoms with E-state index in [1.54, 1.807) is 0 Å². The third kappa shape index (κ3) is 4.25. The molecule has 0 aliphatic carbocycles. The fourth-order valence-electron chi connectivity index (χ4n) is 2.03. The highest BCUT2D eigenvalue weighted by molar-refractivity contribution is 6.30. The van der Waals surface area contributed by atoms with E-state index < -0.39 is 23.9 Å². The van der Waals surface area contributed by atoms with Crippen molar-refractivity contribution < 1.29 is 27.8 Å². The molecule has 22 heavy (non-hydrogen) atoms. The molecule has 1 fully saturated rings. The molecule has 0 radical (unpaired) electrons. The zero-order valence-corrected chi connectivity index (χ0v) is 12.1. The molecule has 1 heterocycles. The lowest BCUT2D eigenvalue weighted by molar-refractivity contribution is -0.136. The van der Waals surface area contributed by atoms with E-state index in [1.165, 1.54) is 11.0 Å². The molecule has 0 saturated carbocycles. The van der Waals surface area contributed by atoms with Gasteiger partial charge in [-0.2, -0.15) is 13.2 Å². The Bertz CT molecular complexity index is 554. The van der Waals surface area contributed by atoms with Gasteiger partial charge in [-0.1, -0.05) is 11.6 Å². The van der Waals surface area contributed by atoms with Gasteiger partial charge >= 0.3 is 12.2 Å². The van der Waals surface area contributed by atoms with Crippen LogP contribution in [-0.4, -0.2) is 48.4 Å². The standard InChI is InChI=1S/C13H14ClF3N2O3/c14-8-1-2-11(10(5-8)13(15,16)17)18-12(21)19-3-4-22-7-9(20)6-19/h1-2,5,9,20H,3-4,6-7H2,(H,18,21)/t9-/m0/s1. The summed E-state index contributed by atoms with van der Waals surface area (Å²) in [5.74, 6) is 0. The van der Waals surface area contributed by atoms with E-state index in [0.29, 0.717) is 0 Å². The summed E-state index contributed by atoms with van der Waals surface area (Å²) in [5.41, 5.74) is -1.42. The summed E-state index contributed by atoms with van der Waals surface area (Å²) >= 11 is 5.58. The highest BCUT2D eigenvalue weighted by Gasteiger charge is 2.34. The molecular weight excluding hydrogens is 325 g/mol. The van der Waals surface area contributed by atoms with Crippen LogP contribution in [0.3, 0.4) is 0 Å². The molecule has 5 nitrogen and oxygen atoms in total. The third-order valence-electron chi connectivity index (χ3n) is 3.06. The summed E-state index contributed by atoms with van der Waals surface area (Å²) < 4.78 is 44.0. The zero-order chi connectivity index (χ0) is 16.3. The van der Waals surface area contributed by atoms with Crippen molar-refractivity contribution in [3.05, 3.63) is 28.8 Å². The lowest BCUT2D eigenvalue weighted by Gasteiger charge is -2.23. The smallest absolute Gasteiger partial charge is 0.389 e. The normalized spacial score (nSPS) is 19.7. The molecule has 1 aromatic rings. The van der Waals surface area contributed by atoms with Crippen LogP contribution in [0.4, 0.5) is 23.7 Å². The Hall–Kier alpha value is -1.51. The van der Waals surface area contributed by atoms with Gasteiger partial charge in [0.05, 0.1) is 37.1 Å². The fraction of sp³-hybridized carbons (Fsp3) is 0.462. The Labute approximate surface area is 129 Å². The number of hydrogen-bond donors (Lipinski definition) is 2. The number of carbonyl (C=O) groups is 1. The van der Waals surface area contributed by atoms with Gasteiger partial charge < -0.3 is 20.1 Å². The van der Waals surface area contributed by atoms with Crippen LogP contribution in [0.2, 0.25) is 5.02 Å². The third-order valence-corrected chi connectivity index (χ3v) is 3.30. The van der Waals surface area contributed by atoms with Crippen LogP contribution in [-0.2, 0) is 10.9 Å². The maximum absolute atomic E-state index is 13.0. The van der Waals surface area contributed by atoms with E-state index in [9.17, 15) is 23.1 Å². The minimum atomic E-state index is -4.64. The zero-order valence-electron chi connectivity index (χ0n) is 11.4. The van der Waals surface area contributed by atoms with Gasteiger partial charge in [0.15, 0.2) is 0 Å². The molecule has 0 spiro atoms. The number of halogens is 4. The molecule has 1 aliphatic heterocycles. The van der Waals surface area contributed by atoms with Gasteiger partial charge in [0.1, 0.15) is 0 Å². The van der Waals surface area contributed by atoms with E-state index >= 15 is 0 Å². The van der Waals surface area contributed by atoms with Gasteiger partial charge in [0, 0.05) is 11.6 Å². The molecule has 1 aliphatic rings. The van der Waals surface area contributed by atoms with Crippen molar-refractivity contribution in [2.45, 2.75) is 12.3 Å². The minimum absolute atomic E-state index is 0.0131. The maximum atomic E-state index is 13.0. The van der Waals surface area contributed by atoms with E-state index in [2.05, 4.69) is 5.32 Å². The van der Waals surface area contributed by atoms with E-state index in [1.807, 2.05) is 0 Å². The second-order valence-corrected chi connectivity index (χ2v) is 5.23. The summed E-state index contributed by atoms with van der Waals surface area (Å²) in [7, 11) is 0. The molecule has 0 unspecified atom stereocenters. The number of aliphatic hydroxyl groups excluding tert-OH is 1. The molecule has 9 heteroatoms. The number of urea groups is 1. The van der Waals surface area contributed by atoms with Crippen LogP contribution >= 0.6 is 11.6 Å². The van der Waals surface area contributed by atoms with E-state index in [-0.39, 0.29) is 37.0 Å². The fourth-order valence-corrected chi connectivity index (χ4v) is 2.20. The number of amides is 2. The largest absolute Gasteiger partial charge is 0.418 e. The number of rotatable bonds is 1. The number of β-amino-alcohol motifs (C(OH)–C–C–N with tert-alkyl or cyclic N) is 1. The average molecular weight is 339 g/mol. The molecule has 0 bridgehead atoms. The Morgan fingerprint density at radius 2 is 2.18 bits per heavy atom. The van der Waals surface area contributed by atoms with Gasteiger partial charge in [-0.25, -0.2) is 4.79 Å². The number of hydrogen-bond acceptors (Lipinski definition) is 3. The lowest BCUT2D eigenvalue weighted by Crippen LogP contribution is -2.40. The molecule has 1 aromatic carbocycles. The number of carbonyl (C=O) groups excluding carboxylic acids is 1. The Morgan fingerprint density at radius 1 is 1.45 bits per heavy atom. The van der Waals surface area contributed by atoms with Crippen LogP contribution in [0.15, 0.2) is 18.2 Å². The maximum Gasteiger partial charge on any atom is 0.418 e. The van der Waals surface area contributed by atoms with Gasteiger partial charge in [-0.05, 0) is 18.2 Å². The lowest BCUT2D eigenvalue weighted by atomic mass is 10.1. The molecule has 122 valence electrons. The van der Waals surface area contributed by atoms with Crippen LogP contribution in [0.5, 0.6) is 0 Å². The Morgan fingerprint density at radius 3 is 2.86 bits per heavy atom. The van der Waals surface area contributed by atoms with Gasteiger partial charge in [-0.15, -0.1) is 0 Å². The average Bonchev–Trinajstić information content (AvgIpc) is 2.64. The molecule has 2 amide bonds. The summed E-state index contributed by atoms with van der Waals surface area (Å²) in [6, 6.07) is 2.36. The van der Waals surface area contributed by atoms with Crippen molar-refractivity contribution in [1.29, 1.82) is 0 Å². The highest BCUT2D eigenvalue weighted by atomic mass is 35.5. The van der Waals surface area contributed by atoms with Gasteiger partial charge in [-0.3, -0.25) is 0 Å². The molecule has 2 rings (SSSR count). The van der Waals surface area contributed by atoms with Crippen molar-refractivity contribution >= 4 is 23.3 Å². The highest BCUT2D eigenvalue weighted by Crippen LogP contribution is 2.36. The summed E-state index contributed by atoms with van der Waals surface area (Å²) in [6.45, 7) is 0.453. The molecule has 0 aromatic heterocycles. The summed E-state index contributed by atoms with van der Waals surface area (Å²) in [6.07, 6.45) is -5.52. The summed E-state index contributed by atoms with van der Waals surface area (Å²) in [5, 5.41) is 11.7. The molecule has 1 atom stereocenters. The number of aliphatic hydroxyl groups is 1. The number of benzene rings is 1. The van der Waals surface area contributed by atoms with Crippen LogP contribution < -0.4 is 5.32 Å². The number of ether oxygens (including phenoxy) is 1. The van der Waals surface area contributed by atoms with E-state index in [4.69, 9.17) is 16.3 Å². The molecular formula is C13H14ClF3N2O3. The Balaban J connectivity index is 2.17. The van der Waals surface area contributed by atoms with Crippen molar-refractivity contribution in [3.8, 4) is 0 Å². The first-order chi connectivity index (χ1) is 10.3. The van der Waals surface area contributed by atoms with Crippen molar-refractivity contribution in [3.63, 3.8) is 0 Å². The first-order valence-electron chi connectivity index (χ1n) is 6.46. The van der Waals surface area contributed by atoms with Crippen LogP contribution in [0, 0.1) is 0 Å².